The van der Waals surface area contributed by atoms with E-state index in [2.05, 4.69) is 15.9 Å². The molecule has 1 aromatic rings. The molecule has 0 heterocycles. The maximum absolute atomic E-state index is 13.5. The van der Waals surface area contributed by atoms with Crippen molar-refractivity contribution in [2.75, 3.05) is 5.88 Å². The highest BCUT2D eigenvalue weighted by molar-refractivity contribution is 9.10. The van der Waals surface area contributed by atoms with Gasteiger partial charge in [-0.05, 0) is 34.5 Å². The molecule has 0 aliphatic carbocycles. The molecule has 0 bridgehead atoms. The fraction of sp³-hybridized carbons (Fsp3) is 0.364. The number of Topliss-reactive ketones (excluding diaryl/α,β-unsaturated/α-hetero) is 1. The fourth-order valence-electron chi connectivity index (χ4n) is 1.28. The summed E-state index contributed by atoms with van der Waals surface area (Å²) in [6.07, 6.45) is 0.542. The third-order valence-electron chi connectivity index (χ3n) is 2.10. The minimum absolute atomic E-state index is 0.161. The number of hydrogen-bond donors (Lipinski definition) is 0. The third-order valence-corrected chi connectivity index (χ3v) is 2.98. The van der Waals surface area contributed by atoms with Crippen LogP contribution in [0.3, 0.4) is 0 Å². The zero-order chi connectivity index (χ0) is 12.1. The van der Waals surface area contributed by atoms with E-state index in [4.69, 9.17) is 11.6 Å². The first-order valence-corrected chi connectivity index (χ1v) is 6.09. The summed E-state index contributed by atoms with van der Waals surface area (Å²) < 4.78 is 26.9. The van der Waals surface area contributed by atoms with Crippen LogP contribution in [0.5, 0.6) is 0 Å². The van der Waals surface area contributed by atoms with E-state index in [0.29, 0.717) is 12.3 Å². The molecular formula is C11H10BrClF2O. The summed E-state index contributed by atoms with van der Waals surface area (Å²) in [5.41, 5.74) is -0.186. The van der Waals surface area contributed by atoms with Gasteiger partial charge in [-0.2, -0.15) is 0 Å². The van der Waals surface area contributed by atoms with Crippen LogP contribution in [0.15, 0.2) is 16.6 Å². The Hall–Kier alpha value is -0.480. The topological polar surface area (TPSA) is 17.1 Å². The SMILES string of the molecule is O=C(CCCCl)Cc1c(F)ccc(Br)c1F. The van der Waals surface area contributed by atoms with Gasteiger partial charge in [0.05, 0.1) is 4.47 Å². The molecule has 0 spiro atoms. The molecule has 1 rings (SSSR count). The van der Waals surface area contributed by atoms with Crippen LogP contribution in [0.4, 0.5) is 8.78 Å². The van der Waals surface area contributed by atoms with Gasteiger partial charge in [0.1, 0.15) is 17.4 Å². The molecule has 0 radical (unpaired) electrons. The molecule has 0 amide bonds. The molecular weight excluding hydrogens is 301 g/mol. The van der Waals surface area contributed by atoms with Crippen LogP contribution in [-0.2, 0) is 11.2 Å². The van der Waals surface area contributed by atoms with E-state index < -0.39 is 11.6 Å². The van der Waals surface area contributed by atoms with Crippen molar-refractivity contribution in [2.45, 2.75) is 19.3 Å². The van der Waals surface area contributed by atoms with Gasteiger partial charge >= 0.3 is 0 Å². The van der Waals surface area contributed by atoms with Crippen LogP contribution >= 0.6 is 27.5 Å². The van der Waals surface area contributed by atoms with Gasteiger partial charge in [0.15, 0.2) is 0 Å². The van der Waals surface area contributed by atoms with Crippen molar-refractivity contribution in [3.63, 3.8) is 0 Å². The molecule has 1 nitrogen and oxygen atoms in total. The average Bonchev–Trinajstić information content (AvgIpc) is 2.27. The van der Waals surface area contributed by atoms with Crippen molar-refractivity contribution < 1.29 is 13.6 Å². The van der Waals surface area contributed by atoms with Gasteiger partial charge in [0.2, 0.25) is 0 Å². The second-order valence-corrected chi connectivity index (χ2v) is 4.56. The van der Waals surface area contributed by atoms with Gasteiger partial charge in [0, 0.05) is 24.3 Å². The monoisotopic (exact) mass is 310 g/mol. The maximum Gasteiger partial charge on any atom is 0.143 e. The van der Waals surface area contributed by atoms with E-state index in [-0.39, 0.29) is 28.7 Å². The zero-order valence-electron chi connectivity index (χ0n) is 8.40. The number of alkyl halides is 1. The highest BCUT2D eigenvalue weighted by atomic mass is 79.9. The Morgan fingerprint density at radius 1 is 1.38 bits per heavy atom. The minimum Gasteiger partial charge on any atom is -0.299 e. The number of halogens is 4. The molecule has 88 valence electrons. The summed E-state index contributed by atoms with van der Waals surface area (Å²) in [5.74, 6) is -1.24. The zero-order valence-corrected chi connectivity index (χ0v) is 10.7. The number of rotatable bonds is 5. The van der Waals surface area contributed by atoms with Gasteiger partial charge in [-0.25, -0.2) is 8.78 Å². The lowest BCUT2D eigenvalue weighted by atomic mass is 10.1. The summed E-state index contributed by atoms with van der Waals surface area (Å²) in [4.78, 5) is 11.4. The van der Waals surface area contributed by atoms with Gasteiger partial charge in [-0.15, -0.1) is 11.6 Å². The number of carbonyl (C=O) groups excluding carboxylic acids is 1. The molecule has 0 aliphatic heterocycles. The maximum atomic E-state index is 13.5. The lowest BCUT2D eigenvalue weighted by Gasteiger charge is -2.05. The lowest BCUT2D eigenvalue weighted by molar-refractivity contribution is -0.118. The molecule has 0 atom stereocenters. The van der Waals surface area contributed by atoms with Crippen molar-refractivity contribution in [1.29, 1.82) is 0 Å². The molecule has 0 N–H and O–H groups in total. The predicted molar refractivity (Wildman–Crippen MR) is 62.7 cm³/mol. The Morgan fingerprint density at radius 2 is 2.06 bits per heavy atom. The second kappa shape index (κ2) is 6.30. The van der Waals surface area contributed by atoms with E-state index in [0.717, 1.165) is 6.07 Å². The number of hydrogen-bond acceptors (Lipinski definition) is 1. The summed E-state index contributed by atoms with van der Waals surface area (Å²) in [7, 11) is 0. The molecule has 0 aromatic heterocycles. The molecule has 5 heteroatoms. The van der Waals surface area contributed by atoms with Crippen LogP contribution in [0.2, 0.25) is 0 Å². The standard InChI is InChI=1S/C11H10BrClF2O/c12-9-3-4-10(14)8(11(9)15)6-7(16)2-1-5-13/h3-4H,1-2,5-6H2. The average molecular weight is 312 g/mol. The summed E-state index contributed by atoms with van der Waals surface area (Å²) >= 11 is 8.38. The van der Waals surface area contributed by atoms with Crippen LogP contribution in [0.1, 0.15) is 18.4 Å². The smallest absolute Gasteiger partial charge is 0.143 e. The van der Waals surface area contributed by atoms with Crippen molar-refractivity contribution in [3.05, 3.63) is 33.8 Å². The number of carbonyl (C=O) groups is 1. The van der Waals surface area contributed by atoms with Crippen molar-refractivity contribution >= 4 is 33.3 Å². The highest BCUT2D eigenvalue weighted by Crippen LogP contribution is 2.22. The van der Waals surface area contributed by atoms with Crippen molar-refractivity contribution in [2.24, 2.45) is 0 Å². The van der Waals surface area contributed by atoms with E-state index in [1.807, 2.05) is 0 Å². The first-order chi connectivity index (χ1) is 7.56. The summed E-state index contributed by atoms with van der Waals surface area (Å²) in [6, 6.07) is 2.41. The van der Waals surface area contributed by atoms with E-state index >= 15 is 0 Å². The Morgan fingerprint density at radius 3 is 2.69 bits per heavy atom. The first-order valence-electron chi connectivity index (χ1n) is 4.76. The quantitative estimate of drug-likeness (QED) is 0.596. The molecule has 0 fully saturated rings. The van der Waals surface area contributed by atoms with Crippen LogP contribution in [0.25, 0.3) is 0 Å². The summed E-state index contributed by atoms with van der Waals surface area (Å²) in [6.45, 7) is 0. The predicted octanol–water partition coefficient (Wildman–Crippen LogP) is 3.86. The normalized spacial score (nSPS) is 10.5. The Balaban J connectivity index is 2.80. The van der Waals surface area contributed by atoms with Gasteiger partial charge < -0.3 is 0 Å². The lowest BCUT2D eigenvalue weighted by Crippen LogP contribution is -2.07. The van der Waals surface area contributed by atoms with Crippen molar-refractivity contribution in [3.8, 4) is 0 Å². The first kappa shape index (κ1) is 13.6. The van der Waals surface area contributed by atoms with Gasteiger partial charge in [-0.3, -0.25) is 4.79 Å². The van der Waals surface area contributed by atoms with Crippen LogP contribution in [0, 0.1) is 11.6 Å². The molecule has 0 saturated carbocycles. The number of benzene rings is 1. The third kappa shape index (κ3) is 3.52. The van der Waals surface area contributed by atoms with Crippen LogP contribution < -0.4 is 0 Å². The Kier molecular flexibility index (Phi) is 5.35. The Bertz CT molecular complexity index is 396. The number of ketones is 1. The van der Waals surface area contributed by atoms with Crippen LogP contribution in [-0.4, -0.2) is 11.7 Å². The van der Waals surface area contributed by atoms with Crippen molar-refractivity contribution in [1.82, 2.24) is 0 Å². The van der Waals surface area contributed by atoms with E-state index in [1.54, 1.807) is 0 Å². The molecule has 0 unspecified atom stereocenters. The fourth-order valence-corrected chi connectivity index (χ4v) is 1.79. The summed E-state index contributed by atoms with van der Waals surface area (Å²) in [5, 5.41) is 0. The van der Waals surface area contributed by atoms with E-state index in [1.165, 1.54) is 6.07 Å². The van der Waals surface area contributed by atoms with Gasteiger partial charge in [-0.1, -0.05) is 0 Å². The minimum atomic E-state index is -0.709. The second-order valence-electron chi connectivity index (χ2n) is 3.33. The molecule has 1 aromatic carbocycles. The van der Waals surface area contributed by atoms with E-state index in [9.17, 15) is 13.6 Å². The largest absolute Gasteiger partial charge is 0.299 e. The molecule has 0 saturated heterocycles. The highest BCUT2D eigenvalue weighted by Gasteiger charge is 2.15. The molecule has 0 aliphatic rings. The molecule has 16 heavy (non-hydrogen) atoms. The van der Waals surface area contributed by atoms with Gasteiger partial charge in [0.25, 0.3) is 0 Å². The Labute approximate surface area is 106 Å².